The maximum Gasteiger partial charge on any atom is 0.321 e. The van der Waals surface area contributed by atoms with Crippen LogP contribution < -0.4 is 10.9 Å². The van der Waals surface area contributed by atoms with Gasteiger partial charge in [-0.25, -0.2) is 4.79 Å². The normalized spacial score (nSPS) is 21.5. The topological polar surface area (TPSA) is 74.6 Å². The second-order valence-corrected chi connectivity index (χ2v) is 6.24. The van der Waals surface area contributed by atoms with E-state index in [4.69, 9.17) is 0 Å². The molecular weight excluding hydrogens is 282 g/mol. The fraction of sp³-hybridized carbons (Fsp3) is 0.625. The largest absolute Gasteiger partial charge is 0.393 e. The highest BCUT2D eigenvalue weighted by Crippen LogP contribution is 2.25. The lowest BCUT2D eigenvalue weighted by Crippen LogP contribution is -2.40. The van der Waals surface area contributed by atoms with E-state index in [1.165, 1.54) is 10.6 Å². The molecule has 6 heteroatoms. The lowest BCUT2D eigenvalue weighted by atomic mass is 9.86. The van der Waals surface area contributed by atoms with Gasteiger partial charge in [0.05, 0.1) is 11.8 Å². The van der Waals surface area contributed by atoms with Crippen molar-refractivity contribution in [3.8, 4) is 0 Å². The molecule has 1 aliphatic rings. The number of carbonyl (C=O) groups excluding carboxylic acids is 1. The number of nitrogens with zero attached hydrogens (tertiary/aromatic N) is 2. The minimum atomic E-state index is -0.316. The Morgan fingerprint density at radius 2 is 2.14 bits per heavy atom. The van der Waals surface area contributed by atoms with Crippen molar-refractivity contribution in [2.45, 2.75) is 38.7 Å². The van der Waals surface area contributed by atoms with Gasteiger partial charge >= 0.3 is 6.03 Å². The molecule has 0 aliphatic heterocycles. The van der Waals surface area contributed by atoms with Crippen LogP contribution >= 0.6 is 0 Å². The summed E-state index contributed by atoms with van der Waals surface area (Å²) >= 11 is 0. The molecular formula is C16H25N3O3. The summed E-state index contributed by atoms with van der Waals surface area (Å²) in [6, 6.07) is 1.28. The van der Waals surface area contributed by atoms with Crippen LogP contribution in [0.15, 0.2) is 17.1 Å². The molecule has 2 amide bonds. The third-order valence-corrected chi connectivity index (χ3v) is 4.40. The van der Waals surface area contributed by atoms with E-state index in [9.17, 15) is 14.7 Å². The number of aliphatic hydroxyl groups is 1. The minimum absolute atomic E-state index is 0.103. The lowest BCUT2D eigenvalue weighted by Gasteiger charge is -2.31. The maximum atomic E-state index is 12.3. The smallest absolute Gasteiger partial charge is 0.321 e. The van der Waals surface area contributed by atoms with Gasteiger partial charge in [-0.15, -0.1) is 0 Å². The van der Waals surface area contributed by atoms with Gasteiger partial charge in [0.25, 0.3) is 5.56 Å². The zero-order chi connectivity index (χ0) is 16.3. The summed E-state index contributed by atoms with van der Waals surface area (Å²) in [6.45, 7) is 2.33. The highest BCUT2D eigenvalue weighted by atomic mass is 16.3. The summed E-state index contributed by atoms with van der Waals surface area (Å²) in [5.74, 6) is 0.144. The van der Waals surface area contributed by atoms with Gasteiger partial charge in [-0.3, -0.25) is 4.79 Å². The van der Waals surface area contributed by atoms with Crippen molar-refractivity contribution in [3.05, 3.63) is 28.2 Å². The number of rotatable bonds is 3. The van der Waals surface area contributed by atoms with E-state index in [0.717, 1.165) is 31.2 Å². The first-order chi connectivity index (χ1) is 10.4. The average molecular weight is 307 g/mol. The van der Waals surface area contributed by atoms with Gasteiger partial charge in [-0.2, -0.15) is 0 Å². The summed E-state index contributed by atoms with van der Waals surface area (Å²) < 4.78 is 1.44. The van der Waals surface area contributed by atoms with Gasteiger partial charge in [0.1, 0.15) is 0 Å². The van der Waals surface area contributed by atoms with E-state index >= 15 is 0 Å². The van der Waals surface area contributed by atoms with Crippen molar-refractivity contribution < 1.29 is 9.90 Å². The van der Waals surface area contributed by atoms with Crippen molar-refractivity contribution in [2.75, 3.05) is 18.9 Å². The SMILES string of the molecule is Cc1cc(=O)n(C)cc1NC(=O)N(C)CC1CCCCC1O. The van der Waals surface area contributed by atoms with Crippen LogP contribution in [0.4, 0.5) is 10.5 Å². The Morgan fingerprint density at radius 1 is 1.45 bits per heavy atom. The van der Waals surface area contributed by atoms with E-state index in [2.05, 4.69) is 5.32 Å². The first-order valence-corrected chi connectivity index (χ1v) is 7.76. The summed E-state index contributed by atoms with van der Waals surface area (Å²) in [7, 11) is 3.38. The number of hydrogen-bond acceptors (Lipinski definition) is 3. The number of anilines is 1. The molecule has 0 spiro atoms. The number of urea groups is 1. The average Bonchev–Trinajstić information content (AvgIpc) is 2.47. The predicted octanol–water partition coefficient (Wildman–Crippen LogP) is 1.71. The minimum Gasteiger partial charge on any atom is -0.393 e. The van der Waals surface area contributed by atoms with E-state index in [1.54, 1.807) is 32.1 Å². The molecule has 1 saturated carbocycles. The lowest BCUT2D eigenvalue weighted by molar-refractivity contribution is 0.0575. The molecule has 1 fully saturated rings. The summed E-state index contributed by atoms with van der Waals surface area (Å²) in [6.07, 6.45) is 5.25. The number of aromatic nitrogens is 1. The number of nitrogens with one attached hydrogen (secondary N) is 1. The molecule has 6 nitrogen and oxygen atoms in total. The Bertz CT molecular complexity index is 597. The van der Waals surface area contributed by atoms with Gasteiger partial charge in [0.2, 0.25) is 0 Å². The molecule has 122 valence electrons. The van der Waals surface area contributed by atoms with Crippen LogP contribution in [0.25, 0.3) is 0 Å². The van der Waals surface area contributed by atoms with Crippen molar-refractivity contribution in [1.82, 2.24) is 9.47 Å². The van der Waals surface area contributed by atoms with Crippen molar-refractivity contribution >= 4 is 11.7 Å². The predicted molar refractivity (Wildman–Crippen MR) is 86.0 cm³/mol. The van der Waals surface area contributed by atoms with Crippen LogP contribution in [0.3, 0.4) is 0 Å². The Morgan fingerprint density at radius 3 is 2.82 bits per heavy atom. The zero-order valence-electron chi connectivity index (χ0n) is 13.5. The highest BCUT2D eigenvalue weighted by Gasteiger charge is 2.25. The second-order valence-electron chi connectivity index (χ2n) is 6.24. The molecule has 2 rings (SSSR count). The summed E-state index contributed by atoms with van der Waals surface area (Å²) in [5, 5.41) is 12.8. The maximum absolute atomic E-state index is 12.3. The molecule has 1 aromatic rings. The van der Waals surface area contributed by atoms with Crippen LogP contribution in [-0.2, 0) is 7.05 Å². The molecule has 1 heterocycles. The number of aryl methyl sites for hydroxylation is 2. The third-order valence-electron chi connectivity index (χ3n) is 4.40. The van der Waals surface area contributed by atoms with Crippen LogP contribution in [-0.4, -0.2) is 40.3 Å². The molecule has 0 radical (unpaired) electrons. The van der Waals surface area contributed by atoms with Crippen LogP contribution in [0.5, 0.6) is 0 Å². The molecule has 22 heavy (non-hydrogen) atoms. The third kappa shape index (κ3) is 3.88. The van der Waals surface area contributed by atoms with E-state index in [0.29, 0.717) is 12.2 Å². The van der Waals surface area contributed by atoms with Gasteiger partial charge in [-0.05, 0) is 25.3 Å². The molecule has 0 saturated heterocycles. The van der Waals surface area contributed by atoms with E-state index in [1.807, 2.05) is 0 Å². The van der Waals surface area contributed by atoms with Crippen molar-refractivity contribution in [3.63, 3.8) is 0 Å². The van der Waals surface area contributed by atoms with Gasteiger partial charge in [0, 0.05) is 38.8 Å². The first kappa shape index (κ1) is 16.5. The Kier molecular flexibility index (Phi) is 5.24. The van der Waals surface area contributed by atoms with Gasteiger partial charge in [0.15, 0.2) is 0 Å². The number of hydrogen-bond donors (Lipinski definition) is 2. The Balaban J connectivity index is 1.99. The van der Waals surface area contributed by atoms with Crippen LogP contribution in [0.2, 0.25) is 0 Å². The highest BCUT2D eigenvalue weighted by molar-refractivity contribution is 5.89. The van der Waals surface area contributed by atoms with Gasteiger partial charge in [-0.1, -0.05) is 12.8 Å². The Hall–Kier alpha value is -1.82. The summed E-state index contributed by atoms with van der Waals surface area (Å²) in [5.41, 5.74) is 1.26. The fourth-order valence-corrected chi connectivity index (χ4v) is 2.90. The Labute approximate surface area is 130 Å². The number of aliphatic hydroxyl groups excluding tert-OH is 1. The van der Waals surface area contributed by atoms with Crippen molar-refractivity contribution in [2.24, 2.45) is 13.0 Å². The number of carbonyl (C=O) groups is 1. The molecule has 1 aromatic heterocycles. The molecule has 0 aromatic carbocycles. The molecule has 0 bridgehead atoms. The molecule has 2 N–H and O–H groups in total. The first-order valence-electron chi connectivity index (χ1n) is 7.76. The number of pyridine rings is 1. The molecule has 2 unspecified atom stereocenters. The quantitative estimate of drug-likeness (QED) is 0.892. The fourth-order valence-electron chi connectivity index (χ4n) is 2.90. The number of amides is 2. The van der Waals surface area contributed by atoms with E-state index in [-0.39, 0.29) is 23.6 Å². The summed E-state index contributed by atoms with van der Waals surface area (Å²) in [4.78, 5) is 25.4. The van der Waals surface area contributed by atoms with Crippen LogP contribution in [0, 0.1) is 12.8 Å². The van der Waals surface area contributed by atoms with Crippen molar-refractivity contribution in [1.29, 1.82) is 0 Å². The standard InChI is InChI=1S/C16H25N3O3/c1-11-8-15(21)18(2)10-13(11)17-16(22)19(3)9-12-6-4-5-7-14(12)20/h8,10,12,14,20H,4-7,9H2,1-3H3,(H,17,22). The second kappa shape index (κ2) is 6.96. The molecule has 1 aliphatic carbocycles. The molecule has 2 atom stereocenters. The van der Waals surface area contributed by atoms with Crippen LogP contribution in [0.1, 0.15) is 31.2 Å². The van der Waals surface area contributed by atoms with Gasteiger partial charge < -0.3 is 19.9 Å². The zero-order valence-corrected chi connectivity index (χ0v) is 13.5. The monoisotopic (exact) mass is 307 g/mol. The van der Waals surface area contributed by atoms with E-state index < -0.39 is 0 Å².